The molecule has 0 aromatic carbocycles. The molecule has 0 radical (unpaired) electrons. The van der Waals surface area contributed by atoms with E-state index in [-0.39, 0.29) is 12.5 Å². The topological polar surface area (TPSA) is 59.5 Å². The Hall–Kier alpha value is -1.43. The third kappa shape index (κ3) is 2.46. The molecule has 90 valence electrons. The molecule has 17 heavy (non-hydrogen) atoms. The third-order valence-corrected chi connectivity index (χ3v) is 2.84. The van der Waals surface area contributed by atoms with Gasteiger partial charge in [-0.1, -0.05) is 0 Å². The van der Waals surface area contributed by atoms with Crippen molar-refractivity contribution < 1.29 is 14.3 Å². The van der Waals surface area contributed by atoms with Gasteiger partial charge in [0.2, 0.25) is 0 Å². The number of esters is 1. The van der Waals surface area contributed by atoms with Crippen molar-refractivity contribution >= 4 is 27.8 Å². The van der Waals surface area contributed by atoms with Gasteiger partial charge in [0.1, 0.15) is 12.2 Å². The van der Waals surface area contributed by atoms with E-state index >= 15 is 0 Å². The Bertz CT molecular complexity index is 476. The van der Waals surface area contributed by atoms with Crippen LogP contribution in [0.2, 0.25) is 0 Å². The first-order valence-corrected chi connectivity index (χ1v) is 6.00. The van der Waals surface area contributed by atoms with Gasteiger partial charge in [-0.25, -0.2) is 4.98 Å². The summed E-state index contributed by atoms with van der Waals surface area (Å²) in [4.78, 5) is 28.7. The van der Waals surface area contributed by atoms with Crippen LogP contribution in [-0.2, 0) is 16.1 Å². The molecule has 0 N–H and O–H groups in total. The van der Waals surface area contributed by atoms with E-state index in [2.05, 4.69) is 20.9 Å². The molecule has 2 heterocycles. The molecule has 6 heteroatoms. The Labute approximate surface area is 107 Å². The van der Waals surface area contributed by atoms with Crippen LogP contribution in [0.1, 0.15) is 23.0 Å². The van der Waals surface area contributed by atoms with Crippen LogP contribution in [0, 0.1) is 0 Å². The second-order valence-corrected chi connectivity index (χ2v) is 4.54. The summed E-state index contributed by atoms with van der Waals surface area (Å²) in [6.45, 7) is 2.43. The standard InChI is InChI=1S/C11H11BrN2O3/c1-2-17-9(15)6-14-5-7-3-8(12)4-13-10(7)11(14)16/h3-4H,2,5-6H2,1H3. The van der Waals surface area contributed by atoms with Crippen LogP contribution in [0.5, 0.6) is 0 Å². The first-order valence-electron chi connectivity index (χ1n) is 5.21. The normalized spacial score (nSPS) is 13.8. The Morgan fingerprint density at radius 2 is 2.41 bits per heavy atom. The maximum absolute atomic E-state index is 11.9. The molecule has 0 fully saturated rings. The summed E-state index contributed by atoms with van der Waals surface area (Å²) >= 11 is 3.30. The maximum atomic E-state index is 11.9. The highest BCUT2D eigenvalue weighted by atomic mass is 79.9. The summed E-state index contributed by atoms with van der Waals surface area (Å²) in [7, 11) is 0. The van der Waals surface area contributed by atoms with E-state index in [1.54, 1.807) is 13.1 Å². The quantitative estimate of drug-likeness (QED) is 0.791. The van der Waals surface area contributed by atoms with E-state index in [1.165, 1.54) is 4.90 Å². The van der Waals surface area contributed by atoms with Gasteiger partial charge in [-0.05, 0) is 28.9 Å². The number of halogens is 1. The van der Waals surface area contributed by atoms with Crippen LogP contribution in [0.3, 0.4) is 0 Å². The predicted molar refractivity (Wildman–Crippen MR) is 63.3 cm³/mol. The predicted octanol–water partition coefficient (Wildman–Crippen LogP) is 1.36. The SMILES string of the molecule is CCOC(=O)CN1Cc2cc(Br)cnc2C1=O. The molecule has 0 aliphatic carbocycles. The Kier molecular flexibility index (Phi) is 3.42. The maximum Gasteiger partial charge on any atom is 0.325 e. The van der Waals surface area contributed by atoms with Gasteiger partial charge in [0, 0.05) is 22.8 Å². The number of carbonyl (C=O) groups is 2. The van der Waals surface area contributed by atoms with Crippen LogP contribution < -0.4 is 0 Å². The molecular weight excluding hydrogens is 288 g/mol. The average molecular weight is 299 g/mol. The molecule has 1 aromatic rings. The van der Waals surface area contributed by atoms with Crippen molar-refractivity contribution in [3.63, 3.8) is 0 Å². The van der Waals surface area contributed by atoms with Gasteiger partial charge >= 0.3 is 5.97 Å². The molecule has 1 aliphatic heterocycles. The number of hydrogen-bond acceptors (Lipinski definition) is 4. The van der Waals surface area contributed by atoms with Crippen LogP contribution in [-0.4, -0.2) is 34.9 Å². The number of amides is 1. The number of fused-ring (bicyclic) bond motifs is 1. The summed E-state index contributed by atoms with van der Waals surface area (Å²) in [5.41, 5.74) is 1.24. The van der Waals surface area contributed by atoms with E-state index in [9.17, 15) is 9.59 Å². The zero-order valence-electron chi connectivity index (χ0n) is 9.27. The fourth-order valence-corrected chi connectivity index (χ4v) is 2.09. The number of rotatable bonds is 3. The lowest BCUT2D eigenvalue weighted by molar-refractivity contribution is -0.143. The first-order chi connectivity index (χ1) is 8.11. The van der Waals surface area contributed by atoms with Crippen molar-refractivity contribution in [1.29, 1.82) is 0 Å². The minimum atomic E-state index is -0.396. The number of pyridine rings is 1. The Morgan fingerprint density at radius 3 is 3.12 bits per heavy atom. The molecule has 2 rings (SSSR count). The minimum absolute atomic E-state index is 0.0271. The smallest absolute Gasteiger partial charge is 0.325 e. The van der Waals surface area contributed by atoms with Gasteiger partial charge < -0.3 is 9.64 Å². The van der Waals surface area contributed by atoms with Crippen LogP contribution >= 0.6 is 15.9 Å². The van der Waals surface area contributed by atoms with Gasteiger partial charge in [0.25, 0.3) is 5.91 Å². The van der Waals surface area contributed by atoms with Gasteiger partial charge in [0.05, 0.1) is 6.61 Å². The van der Waals surface area contributed by atoms with Crippen molar-refractivity contribution in [2.75, 3.05) is 13.2 Å². The average Bonchev–Trinajstić information content (AvgIpc) is 2.55. The molecular formula is C11H11BrN2O3. The zero-order valence-corrected chi connectivity index (χ0v) is 10.9. The lowest BCUT2D eigenvalue weighted by atomic mass is 10.2. The van der Waals surface area contributed by atoms with Gasteiger partial charge in [-0.15, -0.1) is 0 Å². The number of ether oxygens (including phenoxy) is 1. The largest absolute Gasteiger partial charge is 0.465 e. The number of nitrogens with zero attached hydrogens (tertiary/aromatic N) is 2. The Balaban J connectivity index is 2.12. The number of aromatic nitrogens is 1. The molecule has 0 atom stereocenters. The van der Waals surface area contributed by atoms with E-state index in [4.69, 9.17) is 4.74 Å². The lowest BCUT2D eigenvalue weighted by Gasteiger charge is -2.13. The second kappa shape index (κ2) is 4.83. The first kappa shape index (κ1) is 12.0. The third-order valence-electron chi connectivity index (χ3n) is 2.41. The number of carbonyl (C=O) groups excluding carboxylic acids is 2. The summed E-state index contributed by atoms with van der Waals surface area (Å²) in [5, 5.41) is 0. The van der Waals surface area contributed by atoms with E-state index in [0.29, 0.717) is 18.8 Å². The fraction of sp³-hybridized carbons (Fsp3) is 0.364. The van der Waals surface area contributed by atoms with Crippen LogP contribution in [0.25, 0.3) is 0 Å². The van der Waals surface area contributed by atoms with Crippen LogP contribution in [0.4, 0.5) is 0 Å². The molecule has 0 saturated heterocycles. The highest BCUT2D eigenvalue weighted by Gasteiger charge is 2.30. The van der Waals surface area contributed by atoms with Crippen molar-refractivity contribution in [3.05, 3.63) is 28.0 Å². The summed E-state index contributed by atoms with van der Waals surface area (Å²) < 4.78 is 5.63. The second-order valence-electron chi connectivity index (χ2n) is 3.63. The van der Waals surface area contributed by atoms with Crippen molar-refractivity contribution in [3.8, 4) is 0 Å². The molecule has 1 amide bonds. The van der Waals surface area contributed by atoms with E-state index < -0.39 is 5.97 Å². The zero-order chi connectivity index (χ0) is 12.4. The molecule has 1 aliphatic rings. The lowest BCUT2D eigenvalue weighted by Crippen LogP contribution is -2.31. The van der Waals surface area contributed by atoms with Crippen LogP contribution in [0.15, 0.2) is 16.7 Å². The van der Waals surface area contributed by atoms with Crippen molar-refractivity contribution in [1.82, 2.24) is 9.88 Å². The molecule has 0 unspecified atom stereocenters. The number of hydrogen-bond donors (Lipinski definition) is 0. The minimum Gasteiger partial charge on any atom is -0.465 e. The van der Waals surface area contributed by atoms with E-state index in [1.807, 2.05) is 6.07 Å². The van der Waals surface area contributed by atoms with Gasteiger partial charge in [-0.2, -0.15) is 0 Å². The van der Waals surface area contributed by atoms with Crippen molar-refractivity contribution in [2.45, 2.75) is 13.5 Å². The van der Waals surface area contributed by atoms with Crippen molar-refractivity contribution in [2.24, 2.45) is 0 Å². The molecule has 0 saturated carbocycles. The highest BCUT2D eigenvalue weighted by Crippen LogP contribution is 2.23. The molecule has 0 spiro atoms. The van der Waals surface area contributed by atoms with Gasteiger partial charge in [-0.3, -0.25) is 9.59 Å². The van der Waals surface area contributed by atoms with Gasteiger partial charge in [0.15, 0.2) is 0 Å². The summed E-state index contributed by atoms with van der Waals surface area (Å²) in [6, 6.07) is 1.84. The monoisotopic (exact) mass is 298 g/mol. The summed E-state index contributed by atoms with van der Waals surface area (Å²) in [5.74, 6) is -0.617. The Morgan fingerprint density at radius 1 is 1.65 bits per heavy atom. The summed E-state index contributed by atoms with van der Waals surface area (Å²) in [6.07, 6.45) is 1.57. The fourth-order valence-electron chi connectivity index (χ4n) is 1.71. The highest BCUT2D eigenvalue weighted by molar-refractivity contribution is 9.10. The molecule has 1 aromatic heterocycles. The van der Waals surface area contributed by atoms with E-state index in [0.717, 1.165) is 10.0 Å². The molecule has 0 bridgehead atoms. The molecule has 5 nitrogen and oxygen atoms in total.